The van der Waals surface area contributed by atoms with Gasteiger partial charge in [-0.2, -0.15) is 0 Å². The first kappa shape index (κ1) is 17.4. The molecule has 0 radical (unpaired) electrons. The quantitative estimate of drug-likeness (QED) is 0.832. The van der Waals surface area contributed by atoms with E-state index in [1.54, 1.807) is 0 Å². The van der Waals surface area contributed by atoms with Gasteiger partial charge in [-0.15, -0.1) is 0 Å². The number of carbonyl (C=O) groups is 1. The van der Waals surface area contributed by atoms with Gasteiger partial charge in [0, 0.05) is 5.02 Å². The third-order valence-corrected chi connectivity index (χ3v) is 6.06. The number of hydrogen-bond donors (Lipinski definition) is 1. The molecule has 1 saturated carbocycles. The maximum atomic E-state index is 13.9. The second-order valence-electron chi connectivity index (χ2n) is 5.63. The molecule has 1 N–H and O–H groups in total. The van der Waals surface area contributed by atoms with Crippen LogP contribution in [-0.4, -0.2) is 26.0 Å². The molecule has 0 aromatic heterocycles. The predicted molar refractivity (Wildman–Crippen MR) is 84.3 cm³/mol. The van der Waals surface area contributed by atoms with Crippen molar-refractivity contribution in [2.75, 3.05) is 6.54 Å². The lowest BCUT2D eigenvalue weighted by Crippen LogP contribution is -2.38. The van der Waals surface area contributed by atoms with Crippen LogP contribution in [0.25, 0.3) is 0 Å². The molecule has 0 unspecified atom stereocenters. The molecule has 4 nitrogen and oxygen atoms in total. The fourth-order valence-electron chi connectivity index (χ4n) is 2.68. The molecule has 0 bridgehead atoms. The molecule has 2 rings (SSSR count). The molecule has 7 heteroatoms. The zero-order chi connectivity index (χ0) is 16.3. The standard InChI is InChI=1S/C15H19ClFNO3S/c1-10-7-11(16)8-13(15(10)17)14(19)9-18-22(20,21)12-5-3-2-4-6-12/h7-8,12,18H,2-6,9H2,1H3. The lowest BCUT2D eigenvalue weighted by molar-refractivity contribution is 0.0993. The molecule has 0 saturated heterocycles. The Morgan fingerprint density at radius 3 is 2.59 bits per heavy atom. The zero-order valence-electron chi connectivity index (χ0n) is 12.4. The maximum absolute atomic E-state index is 13.9. The van der Waals surface area contributed by atoms with Crippen molar-refractivity contribution >= 4 is 27.4 Å². The molecular weight excluding hydrogens is 329 g/mol. The minimum Gasteiger partial charge on any atom is -0.293 e. The summed E-state index contributed by atoms with van der Waals surface area (Å²) in [4.78, 5) is 12.1. The van der Waals surface area contributed by atoms with Gasteiger partial charge in [0.05, 0.1) is 17.4 Å². The average Bonchev–Trinajstić information content (AvgIpc) is 2.49. The van der Waals surface area contributed by atoms with Crippen LogP contribution < -0.4 is 4.72 Å². The summed E-state index contributed by atoms with van der Waals surface area (Å²) >= 11 is 5.82. The van der Waals surface area contributed by atoms with E-state index in [-0.39, 0.29) is 16.1 Å². The molecule has 122 valence electrons. The molecule has 22 heavy (non-hydrogen) atoms. The Hall–Kier alpha value is -0.980. The molecule has 1 aliphatic rings. The fraction of sp³-hybridized carbons (Fsp3) is 0.533. The number of Topliss-reactive ketones (excluding diaryl/α,β-unsaturated/α-hetero) is 1. The Balaban J connectivity index is 2.06. The largest absolute Gasteiger partial charge is 0.293 e. The topological polar surface area (TPSA) is 63.2 Å². The number of benzene rings is 1. The smallest absolute Gasteiger partial charge is 0.214 e. The Labute approximate surface area is 135 Å². The number of rotatable bonds is 5. The molecule has 1 aromatic carbocycles. The summed E-state index contributed by atoms with van der Waals surface area (Å²) in [7, 11) is -3.55. The van der Waals surface area contributed by atoms with E-state index in [9.17, 15) is 17.6 Å². The van der Waals surface area contributed by atoms with Crippen LogP contribution >= 0.6 is 11.6 Å². The summed E-state index contributed by atoms with van der Waals surface area (Å²) in [5.74, 6) is -1.28. The lowest BCUT2D eigenvalue weighted by Gasteiger charge is -2.21. The van der Waals surface area contributed by atoms with Gasteiger partial charge in [0.2, 0.25) is 10.0 Å². The molecule has 1 aromatic rings. The Morgan fingerprint density at radius 1 is 1.32 bits per heavy atom. The first-order chi connectivity index (χ1) is 10.3. The van der Waals surface area contributed by atoms with Crippen molar-refractivity contribution in [1.29, 1.82) is 0 Å². The number of nitrogens with one attached hydrogen (secondary N) is 1. The van der Waals surface area contributed by atoms with Gasteiger partial charge < -0.3 is 0 Å². The van der Waals surface area contributed by atoms with E-state index >= 15 is 0 Å². The van der Waals surface area contributed by atoms with Crippen LogP contribution in [0, 0.1) is 12.7 Å². The van der Waals surface area contributed by atoms with Crippen molar-refractivity contribution in [1.82, 2.24) is 4.72 Å². The van der Waals surface area contributed by atoms with Gasteiger partial charge in [0.1, 0.15) is 5.82 Å². The van der Waals surface area contributed by atoms with Crippen molar-refractivity contribution in [3.05, 3.63) is 34.1 Å². The number of ketones is 1. The SMILES string of the molecule is Cc1cc(Cl)cc(C(=O)CNS(=O)(=O)C2CCCCC2)c1F. The van der Waals surface area contributed by atoms with Crippen molar-refractivity contribution in [3.63, 3.8) is 0 Å². The van der Waals surface area contributed by atoms with Crippen molar-refractivity contribution in [2.24, 2.45) is 0 Å². The van der Waals surface area contributed by atoms with Gasteiger partial charge in [0.15, 0.2) is 5.78 Å². The summed E-state index contributed by atoms with van der Waals surface area (Å²) in [6.45, 7) is 1.06. The van der Waals surface area contributed by atoms with Gasteiger partial charge in [-0.1, -0.05) is 30.9 Å². The van der Waals surface area contributed by atoms with Gasteiger partial charge in [-0.3, -0.25) is 4.79 Å². The Morgan fingerprint density at radius 2 is 1.95 bits per heavy atom. The Kier molecular flexibility index (Phi) is 5.58. The minimum atomic E-state index is -3.55. The van der Waals surface area contributed by atoms with E-state index in [0.717, 1.165) is 19.3 Å². The second kappa shape index (κ2) is 7.06. The maximum Gasteiger partial charge on any atom is 0.214 e. The number of sulfonamides is 1. The highest BCUT2D eigenvalue weighted by atomic mass is 35.5. The zero-order valence-corrected chi connectivity index (χ0v) is 13.9. The van der Waals surface area contributed by atoms with E-state index in [2.05, 4.69) is 4.72 Å². The Bertz CT molecular complexity index is 670. The van der Waals surface area contributed by atoms with Gasteiger partial charge in [0.25, 0.3) is 0 Å². The molecule has 0 atom stereocenters. The third kappa shape index (κ3) is 4.06. The van der Waals surface area contributed by atoms with E-state index in [1.807, 2.05) is 0 Å². The first-order valence-electron chi connectivity index (χ1n) is 7.28. The molecule has 1 aliphatic carbocycles. The van der Waals surface area contributed by atoms with Gasteiger partial charge >= 0.3 is 0 Å². The van der Waals surface area contributed by atoms with Gasteiger partial charge in [-0.25, -0.2) is 17.5 Å². The average molecular weight is 348 g/mol. The van der Waals surface area contributed by atoms with Crippen LogP contribution in [0.1, 0.15) is 48.0 Å². The number of halogens is 2. The highest BCUT2D eigenvalue weighted by Crippen LogP contribution is 2.23. The number of carbonyl (C=O) groups excluding carboxylic acids is 1. The van der Waals surface area contributed by atoms with Crippen molar-refractivity contribution in [3.8, 4) is 0 Å². The highest BCUT2D eigenvalue weighted by molar-refractivity contribution is 7.90. The van der Waals surface area contributed by atoms with Crippen LogP contribution in [0.3, 0.4) is 0 Å². The summed E-state index contributed by atoms with van der Waals surface area (Å²) in [5, 5.41) is -0.211. The molecule has 1 fully saturated rings. The van der Waals surface area contributed by atoms with Crippen molar-refractivity contribution in [2.45, 2.75) is 44.3 Å². The van der Waals surface area contributed by atoms with E-state index < -0.39 is 33.4 Å². The molecular formula is C15H19ClFNO3S. The van der Waals surface area contributed by atoms with Crippen molar-refractivity contribution < 1.29 is 17.6 Å². The van der Waals surface area contributed by atoms with E-state index in [1.165, 1.54) is 19.1 Å². The monoisotopic (exact) mass is 347 g/mol. The van der Waals surface area contributed by atoms with E-state index in [0.29, 0.717) is 12.8 Å². The molecule has 0 aliphatic heterocycles. The fourth-order valence-corrected chi connectivity index (χ4v) is 4.48. The summed E-state index contributed by atoms with van der Waals surface area (Å²) in [6, 6.07) is 2.64. The van der Waals surface area contributed by atoms with E-state index in [4.69, 9.17) is 11.6 Å². The first-order valence-corrected chi connectivity index (χ1v) is 9.21. The van der Waals surface area contributed by atoms with Gasteiger partial charge in [-0.05, 0) is 37.5 Å². The predicted octanol–water partition coefficient (Wildman–Crippen LogP) is 3.22. The second-order valence-corrected chi connectivity index (χ2v) is 8.12. The van der Waals surface area contributed by atoms with Crippen LogP contribution in [0.5, 0.6) is 0 Å². The highest BCUT2D eigenvalue weighted by Gasteiger charge is 2.28. The minimum absolute atomic E-state index is 0.184. The van der Waals surface area contributed by atoms with Crippen LogP contribution in [0.4, 0.5) is 4.39 Å². The number of hydrogen-bond acceptors (Lipinski definition) is 3. The summed E-state index contributed by atoms with van der Waals surface area (Å²) < 4.78 is 40.6. The molecule has 0 spiro atoms. The lowest BCUT2D eigenvalue weighted by atomic mass is 10.0. The number of aryl methyl sites for hydroxylation is 1. The molecule has 0 amide bonds. The summed E-state index contributed by atoms with van der Waals surface area (Å²) in [6.07, 6.45) is 4.00. The van der Waals surface area contributed by atoms with Crippen LogP contribution in [0.2, 0.25) is 5.02 Å². The normalized spacial score (nSPS) is 16.7. The molecule has 0 heterocycles. The van der Waals surface area contributed by atoms with Crippen LogP contribution in [-0.2, 0) is 10.0 Å². The summed E-state index contributed by atoms with van der Waals surface area (Å²) in [5.41, 5.74) is 0.0716. The third-order valence-electron chi connectivity index (χ3n) is 3.94. The van der Waals surface area contributed by atoms with Crippen LogP contribution in [0.15, 0.2) is 12.1 Å².